The van der Waals surface area contributed by atoms with Crippen LogP contribution in [0.3, 0.4) is 0 Å². The minimum absolute atomic E-state index is 0.0142. The standard InChI is InChI=1S/C17H27N3O2S/c21-12-15-10-18-17(20(15)11-14-6-2-1-3-7-14)23-13-16(22)19-8-4-5-9-19/h10,14,21H,1-9,11-13H2. The summed E-state index contributed by atoms with van der Waals surface area (Å²) in [6.45, 7) is 2.74. The fourth-order valence-corrected chi connectivity index (χ4v) is 4.55. The molecule has 128 valence electrons. The number of aromatic nitrogens is 2. The molecule has 0 unspecified atom stereocenters. The Balaban J connectivity index is 1.61. The molecule has 1 aliphatic carbocycles. The molecule has 2 heterocycles. The second kappa shape index (κ2) is 8.20. The van der Waals surface area contributed by atoms with E-state index in [1.54, 1.807) is 6.20 Å². The van der Waals surface area contributed by atoms with Crippen LogP contribution < -0.4 is 0 Å². The van der Waals surface area contributed by atoms with E-state index >= 15 is 0 Å². The molecule has 1 saturated carbocycles. The maximum atomic E-state index is 12.2. The molecule has 2 fully saturated rings. The van der Waals surface area contributed by atoms with Crippen molar-refractivity contribution in [2.24, 2.45) is 5.92 Å². The molecule has 0 spiro atoms. The van der Waals surface area contributed by atoms with Gasteiger partial charge < -0.3 is 14.6 Å². The smallest absolute Gasteiger partial charge is 0.233 e. The second-order valence-electron chi connectivity index (χ2n) is 6.68. The highest BCUT2D eigenvalue weighted by Crippen LogP contribution is 2.28. The molecule has 5 nitrogen and oxygen atoms in total. The number of amides is 1. The van der Waals surface area contributed by atoms with Crippen molar-refractivity contribution in [1.29, 1.82) is 0 Å². The third-order valence-corrected chi connectivity index (χ3v) is 5.99. The second-order valence-corrected chi connectivity index (χ2v) is 7.62. The molecule has 1 aromatic rings. The van der Waals surface area contributed by atoms with Crippen LogP contribution in [0.15, 0.2) is 11.4 Å². The summed E-state index contributed by atoms with van der Waals surface area (Å²) in [5.41, 5.74) is 0.867. The fraction of sp³-hybridized carbons (Fsp3) is 0.765. The molecule has 1 saturated heterocycles. The highest BCUT2D eigenvalue weighted by molar-refractivity contribution is 7.99. The summed E-state index contributed by atoms with van der Waals surface area (Å²) in [5, 5.41) is 10.4. The number of nitrogens with zero attached hydrogens (tertiary/aromatic N) is 3. The number of imidazole rings is 1. The Bertz CT molecular complexity index is 520. The zero-order valence-electron chi connectivity index (χ0n) is 13.7. The fourth-order valence-electron chi connectivity index (χ4n) is 3.64. The molecule has 23 heavy (non-hydrogen) atoms. The minimum Gasteiger partial charge on any atom is -0.390 e. The van der Waals surface area contributed by atoms with Gasteiger partial charge in [0.25, 0.3) is 0 Å². The number of aliphatic hydroxyl groups excluding tert-OH is 1. The molecule has 1 N–H and O–H groups in total. The minimum atomic E-state index is 0.0142. The third-order valence-electron chi connectivity index (χ3n) is 5.01. The Labute approximate surface area is 142 Å². The Hall–Kier alpha value is -1.01. The number of carbonyl (C=O) groups excluding carboxylic acids is 1. The van der Waals surface area contributed by atoms with E-state index in [1.807, 2.05) is 4.90 Å². The van der Waals surface area contributed by atoms with Gasteiger partial charge in [0, 0.05) is 19.6 Å². The van der Waals surface area contributed by atoms with Crippen LogP contribution in [0.1, 0.15) is 50.6 Å². The summed E-state index contributed by atoms with van der Waals surface area (Å²) in [6.07, 6.45) is 10.5. The Morgan fingerprint density at radius 3 is 2.65 bits per heavy atom. The van der Waals surface area contributed by atoms with E-state index in [0.717, 1.165) is 43.3 Å². The van der Waals surface area contributed by atoms with Crippen LogP contribution in [0.5, 0.6) is 0 Å². The van der Waals surface area contributed by atoms with Crippen LogP contribution in [-0.2, 0) is 17.9 Å². The summed E-state index contributed by atoms with van der Waals surface area (Å²) < 4.78 is 2.14. The lowest BCUT2D eigenvalue weighted by atomic mass is 9.89. The number of carbonyl (C=O) groups is 1. The molecule has 0 atom stereocenters. The van der Waals surface area contributed by atoms with Crippen LogP contribution in [0.2, 0.25) is 0 Å². The quantitative estimate of drug-likeness (QED) is 0.811. The number of rotatable bonds is 6. The molecular formula is C17H27N3O2S. The number of hydrogen-bond acceptors (Lipinski definition) is 4. The summed E-state index contributed by atoms with van der Waals surface area (Å²) in [7, 11) is 0. The molecule has 3 rings (SSSR count). The van der Waals surface area contributed by atoms with E-state index in [1.165, 1.54) is 43.9 Å². The monoisotopic (exact) mass is 337 g/mol. The van der Waals surface area contributed by atoms with Crippen molar-refractivity contribution in [2.75, 3.05) is 18.8 Å². The Kier molecular flexibility index (Phi) is 6.00. The van der Waals surface area contributed by atoms with Gasteiger partial charge in [-0.1, -0.05) is 31.0 Å². The van der Waals surface area contributed by atoms with Gasteiger partial charge in [-0.15, -0.1) is 0 Å². The lowest BCUT2D eigenvalue weighted by molar-refractivity contribution is -0.127. The van der Waals surface area contributed by atoms with Gasteiger partial charge in [-0.3, -0.25) is 4.79 Å². The van der Waals surface area contributed by atoms with E-state index in [0.29, 0.717) is 11.7 Å². The van der Waals surface area contributed by atoms with Gasteiger partial charge in [0.2, 0.25) is 5.91 Å². The van der Waals surface area contributed by atoms with Gasteiger partial charge in [-0.25, -0.2) is 4.98 Å². The molecule has 1 aliphatic heterocycles. The molecule has 2 aliphatic rings. The zero-order valence-corrected chi connectivity index (χ0v) is 14.6. The number of aliphatic hydroxyl groups is 1. The van der Waals surface area contributed by atoms with Gasteiger partial charge in [0.15, 0.2) is 5.16 Å². The van der Waals surface area contributed by atoms with Crippen molar-refractivity contribution in [3.05, 3.63) is 11.9 Å². The average molecular weight is 337 g/mol. The summed E-state index contributed by atoms with van der Waals surface area (Å²) in [4.78, 5) is 18.6. The van der Waals surface area contributed by atoms with Crippen LogP contribution in [0.4, 0.5) is 0 Å². The van der Waals surface area contributed by atoms with Crippen molar-refractivity contribution in [3.63, 3.8) is 0 Å². The number of thioether (sulfide) groups is 1. The molecule has 1 amide bonds. The topological polar surface area (TPSA) is 58.4 Å². The van der Waals surface area contributed by atoms with E-state index in [-0.39, 0.29) is 12.5 Å². The number of likely N-dealkylation sites (tertiary alicyclic amines) is 1. The van der Waals surface area contributed by atoms with Crippen LogP contribution in [0, 0.1) is 5.92 Å². The van der Waals surface area contributed by atoms with Gasteiger partial charge in [-0.05, 0) is 31.6 Å². The third kappa shape index (κ3) is 4.29. The summed E-state index contributed by atoms with van der Waals surface area (Å²) in [5.74, 6) is 1.34. The molecule has 0 aromatic carbocycles. The Morgan fingerprint density at radius 2 is 1.96 bits per heavy atom. The van der Waals surface area contributed by atoms with Crippen molar-refractivity contribution in [1.82, 2.24) is 14.5 Å². The maximum absolute atomic E-state index is 12.2. The van der Waals surface area contributed by atoms with Crippen molar-refractivity contribution >= 4 is 17.7 Å². The maximum Gasteiger partial charge on any atom is 0.233 e. The van der Waals surface area contributed by atoms with Crippen molar-refractivity contribution < 1.29 is 9.90 Å². The number of hydrogen-bond donors (Lipinski definition) is 1. The first-order chi connectivity index (χ1) is 11.3. The summed E-state index contributed by atoms with van der Waals surface area (Å²) in [6, 6.07) is 0. The highest BCUT2D eigenvalue weighted by Gasteiger charge is 2.21. The van der Waals surface area contributed by atoms with E-state index < -0.39 is 0 Å². The van der Waals surface area contributed by atoms with Gasteiger partial charge >= 0.3 is 0 Å². The highest BCUT2D eigenvalue weighted by atomic mass is 32.2. The van der Waals surface area contributed by atoms with Gasteiger partial charge in [0.1, 0.15) is 0 Å². The summed E-state index contributed by atoms with van der Waals surface area (Å²) >= 11 is 1.52. The molecule has 0 radical (unpaired) electrons. The van der Waals surface area contributed by atoms with Gasteiger partial charge in [0.05, 0.1) is 24.3 Å². The molecule has 0 bridgehead atoms. The normalized spacial score (nSPS) is 19.4. The SMILES string of the molecule is O=C(CSc1ncc(CO)n1CC1CCCCC1)N1CCCC1. The zero-order chi connectivity index (χ0) is 16.1. The van der Waals surface area contributed by atoms with E-state index in [9.17, 15) is 9.90 Å². The Morgan fingerprint density at radius 1 is 1.22 bits per heavy atom. The van der Waals surface area contributed by atoms with Crippen LogP contribution >= 0.6 is 11.8 Å². The average Bonchev–Trinajstić information content (AvgIpc) is 3.24. The predicted octanol–water partition coefficient (Wildman–Crippen LogP) is 2.67. The van der Waals surface area contributed by atoms with E-state index in [4.69, 9.17) is 0 Å². The molecule has 6 heteroatoms. The predicted molar refractivity (Wildman–Crippen MR) is 91.3 cm³/mol. The largest absolute Gasteiger partial charge is 0.390 e. The van der Waals surface area contributed by atoms with Crippen molar-refractivity contribution in [3.8, 4) is 0 Å². The van der Waals surface area contributed by atoms with Crippen LogP contribution in [0.25, 0.3) is 0 Å². The lowest BCUT2D eigenvalue weighted by Gasteiger charge is -2.23. The lowest BCUT2D eigenvalue weighted by Crippen LogP contribution is -2.29. The first kappa shape index (κ1) is 16.8. The van der Waals surface area contributed by atoms with Crippen molar-refractivity contribution in [2.45, 2.75) is 63.3 Å². The first-order valence-electron chi connectivity index (χ1n) is 8.83. The first-order valence-corrected chi connectivity index (χ1v) is 9.82. The van der Waals surface area contributed by atoms with E-state index in [2.05, 4.69) is 9.55 Å². The molecule has 1 aromatic heterocycles. The molecular weight excluding hydrogens is 310 g/mol. The van der Waals surface area contributed by atoms with Crippen LogP contribution in [-0.4, -0.2) is 44.3 Å². The van der Waals surface area contributed by atoms with Gasteiger partial charge in [-0.2, -0.15) is 0 Å².